The molecule has 0 bridgehead atoms. The van der Waals surface area contributed by atoms with Crippen LogP contribution in [0.3, 0.4) is 0 Å². The van der Waals surface area contributed by atoms with E-state index in [1.165, 1.54) is 23.1 Å². The van der Waals surface area contributed by atoms with Gasteiger partial charge in [-0.1, -0.05) is 60.3 Å². The number of hydrogen-bond acceptors (Lipinski definition) is 5. The molecule has 0 unspecified atom stereocenters. The summed E-state index contributed by atoms with van der Waals surface area (Å²) in [6.45, 7) is 2.36. The van der Waals surface area contributed by atoms with Gasteiger partial charge in [-0.3, -0.25) is 9.59 Å². The molecular formula is C21H21N3O2S2. The molecule has 0 aliphatic heterocycles. The Bertz CT molecular complexity index is 943. The molecular weight excluding hydrogens is 390 g/mol. The second-order valence-corrected chi connectivity index (χ2v) is 8.53. The zero-order valence-electron chi connectivity index (χ0n) is 15.5. The lowest BCUT2D eigenvalue weighted by Gasteiger charge is -2.23. The normalized spacial score (nSPS) is 10.6. The van der Waals surface area contributed by atoms with Crippen molar-refractivity contribution in [2.24, 2.45) is 5.73 Å². The van der Waals surface area contributed by atoms with Crippen LogP contribution in [0.15, 0.2) is 65.0 Å². The first-order valence-corrected chi connectivity index (χ1v) is 10.6. The van der Waals surface area contributed by atoms with Gasteiger partial charge in [0.2, 0.25) is 11.8 Å². The quantitative estimate of drug-likeness (QED) is 0.572. The Morgan fingerprint density at radius 1 is 1.07 bits per heavy atom. The summed E-state index contributed by atoms with van der Waals surface area (Å²) in [5, 5.41) is 0. The molecule has 0 aliphatic rings. The highest BCUT2D eigenvalue weighted by atomic mass is 32.2. The third-order valence-corrected chi connectivity index (χ3v) is 6.36. The average Bonchev–Trinajstić information content (AvgIpc) is 3.04. The monoisotopic (exact) mass is 411 g/mol. The lowest BCUT2D eigenvalue weighted by Crippen LogP contribution is -2.31. The fraction of sp³-hybridized carbons (Fsp3) is 0.190. The van der Waals surface area contributed by atoms with Gasteiger partial charge in [-0.15, -0.1) is 11.3 Å². The van der Waals surface area contributed by atoms with Gasteiger partial charge >= 0.3 is 0 Å². The summed E-state index contributed by atoms with van der Waals surface area (Å²) >= 11 is 2.81. The van der Waals surface area contributed by atoms with E-state index in [0.29, 0.717) is 6.54 Å². The molecule has 144 valence electrons. The Balaban J connectivity index is 1.72. The van der Waals surface area contributed by atoms with Crippen LogP contribution in [0, 0.1) is 6.92 Å². The van der Waals surface area contributed by atoms with Gasteiger partial charge in [-0.25, -0.2) is 4.98 Å². The SMILES string of the molecule is Cc1nc(SCC(=O)N(Cc2ccccc2)c2ccccc2)sc1CC(N)=O. The van der Waals surface area contributed by atoms with Crippen LogP contribution >= 0.6 is 23.1 Å². The first kappa shape index (κ1) is 20.1. The number of nitrogens with zero attached hydrogens (tertiary/aromatic N) is 2. The minimum Gasteiger partial charge on any atom is -0.369 e. The van der Waals surface area contributed by atoms with Crippen LogP contribution in [0.25, 0.3) is 0 Å². The number of anilines is 1. The molecule has 1 aromatic heterocycles. The Hall–Kier alpha value is -2.64. The molecule has 2 aromatic carbocycles. The zero-order valence-corrected chi connectivity index (χ0v) is 17.1. The average molecular weight is 412 g/mol. The molecule has 0 radical (unpaired) electrons. The van der Waals surface area contributed by atoms with Crippen LogP contribution in [-0.4, -0.2) is 22.6 Å². The van der Waals surface area contributed by atoms with Crippen molar-refractivity contribution in [3.63, 3.8) is 0 Å². The van der Waals surface area contributed by atoms with Crippen LogP contribution in [0.2, 0.25) is 0 Å². The highest BCUT2D eigenvalue weighted by molar-refractivity contribution is 8.01. The van der Waals surface area contributed by atoms with Crippen LogP contribution in [0.4, 0.5) is 5.69 Å². The molecule has 3 rings (SSSR count). The van der Waals surface area contributed by atoms with E-state index in [2.05, 4.69) is 4.98 Å². The highest BCUT2D eigenvalue weighted by Crippen LogP contribution is 2.28. The van der Waals surface area contributed by atoms with E-state index < -0.39 is 0 Å². The number of thioether (sulfide) groups is 1. The molecule has 28 heavy (non-hydrogen) atoms. The predicted octanol–water partition coefficient (Wildman–Crippen LogP) is 3.80. The van der Waals surface area contributed by atoms with Crippen LogP contribution < -0.4 is 10.6 Å². The maximum absolute atomic E-state index is 13.0. The largest absolute Gasteiger partial charge is 0.369 e. The summed E-state index contributed by atoms with van der Waals surface area (Å²) in [5.74, 6) is -0.105. The minimum absolute atomic E-state index is 0.00403. The van der Waals surface area contributed by atoms with Crippen LogP contribution in [0.5, 0.6) is 0 Å². The van der Waals surface area contributed by atoms with E-state index in [1.807, 2.05) is 67.6 Å². The smallest absolute Gasteiger partial charge is 0.237 e. The van der Waals surface area contributed by atoms with Crippen molar-refractivity contribution in [2.75, 3.05) is 10.7 Å². The van der Waals surface area contributed by atoms with Crippen molar-refractivity contribution in [1.29, 1.82) is 0 Å². The zero-order chi connectivity index (χ0) is 19.9. The Morgan fingerprint density at radius 2 is 1.71 bits per heavy atom. The first-order chi connectivity index (χ1) is 13.5. The fourth-order valence-corrected chi connectivity index (χ4v) is 4.80. The lowest BCUT2D eigenvalue weighted by atomic mass is 10.2. The highest BCUT2D eigenvalue weighted by Gasteiger charge is 2.18. The molecule has 0 saturated carbocycles. The fourth-order valence-electron chi connectivity index (χ4n) is 2.68. The van der Waals surface area contributed by atoms with Gasteiger partial charge in [0, 0.05) is 10.6 Å². The summed E-state index contributed by atoms with van der Waals surface area (Å²) in [6.07, 6.45) is 0.183. The molecule has 5 nitrogen and oxygen atoms in total. The summed E-state index contributed by atoms with van der Waals surface area (Å²) in [7, 11) is 0. The summed E-state index contributed by atoms with van der Waals surface area (Å²) in [4.78, 5) is 31.2. The van der Waals surface area contributed by atoms with Gasteiger partial charge in [0.05, 0.1) is 24.4 Å². The maximum atomic E-state index is 13.0. The third-order valence-electron chi connectivity index (χ3n) is 4.08. The summed E-state index contributed by atoms with van der Waals surface area (Å²) in [5.41, 5.74) is 8.00. The van der Waals surface area contributed by atoms with Gasteiger partial charge in [0.25, 0.3) is 0 Å². The molecule has 2 amide bonds. The maximum Gasteiger partial charge on any atom is 0.237 e. The summed E-state index contributed by atoms with van der Waals surface area (Å²) < 4.78 is 0.773. The third kappa shape index (κ3) is 5.43. The predicted molar refractivity (Wildman–Crippen MR) is 115 cm³/mol. The number of para-hydroxylation sites is 1. The van der Waals surface area contributed by atoms with E-state index in [9.17, 15) is 9.59 Å². The Labute approximate surface area is 172 Å². The van der Waals surface area contributed by atoms with E-state index in [1.54, 1.807) is 4.90 Å². The molecule has 0 aliphatic carbocycles. The first-order valence-electron chi connectivity index (χ1n) is 8.79. The number of carbonyl (C=O) groups is 2. The van der Waals surface area contributed by atoms with E-state index in [0.717, 1.165) is 26.2 Å². The van der Waals surface area contributed by atoms with Crippen molar-refractivity contribution in [1.82, 2.24) is 4.98 Å². The Kier molecular flexibility index (Phi) is 6.84. The minimum atomic E-state index is -0.377. The van der Waals surface area contributed by atoms with Crippen LogP contribution in [-0.2, 0) is 22.6 Å². The number of nitrogens with two attached hydrogens (primary N) is 1. The standard InChI is InChI=1S/C21H21N3O2S2/c1-15-18(12-19(22)25)28-21(23-15)27-14-20(26)24(17-10-6-3-7-11-17)13-16-8-4-2-5-9-16/h2-11H,12-14H2,1H3,(H2,22,25). The number of amides is 2. The van der Waals surface area contributed by atoms with Crippen molar-refractivity contribution >= 4 is 40.6 Å². The number of thiazole rings is 1. The molecule has 1 heterocycles. The Morgan fingerprint density at radius 3 is 2.36 bits per heavy atom. The second-order valence-electron chi connectivity index (χ2n) is 6.22. The van der Waals surface area contributed by atoms with Gasteiger partial charge in [-0.2, -0.15) is 0 Å². The molecule has 7 heteroatoms. The van der Waals surface area contributed by atoms with Crippen molar-refractivity contribution < 1.29 is 9.59 Å². The molecule has 0 saturated heterocycles. The van der Waals surface area contributed by atoms with Crippen molar-refractivity contribution in [2.45, 2.75) is 24.2 Å². The van der Waals surface area contributed by atoms with Gasteiger partial charge < -0.3 is 10.6 Å². The molecule has 0 fully saturated rings. The number of aromatic nitrogens is 1. The molecule has 2 N–H and O–H groups in total. The molecule has 3 aromatic rings. The van der Waals surface area contributed by atoms with Crippen LogP contribution in [0.1, 0.15) is 16.1 Å². The van der Waals surface area contributed by atoms with Gasteiger partial charge in [0.15, 0.2) is 4.34 Å². The van der Waals surface area contributed by atoms with E-state index in [4.69, 9.17) is 5.73 Å². The van der Waals surface area contributed by atoms with Crippen molar-refractivity contribution in [3.05, 3.63) is 76.8 Å². The molecule has 0 atom stereocenters. The number of aryl methyl sites for hydroxylation is 1. The number of carbonyl (C=O) groups excluding carboxylic acids is 2. The van der Waals surface area contributed by atoms with E-state index in [-0.39, 0.29) is 24.0 Å². The number of primary amides is 1. The second kappa shape index (κ2) is 9.52. The van der Waals surface area contributed by atoms with Gasteiger partial charge in [-0.05, 0) is 24.6 Å². The van der Waals surface area contributed by atoms with E-state index >= 15 is 0 Å². The molecule has 0 spiro atoms. The lowest BCUT2D eigenvalue weighted by molar-refractivity contribution is -0.117. The topological polar surface area (TPSA) is 76.3 Å². The summed E-state index contributed by atoms with van der Waals surface area (Å²) in [6, 6.07) is 19.6. The number of benzene rings is 2. The number of hydrogen-bond donors (Lipinski definition) is 1. The van der Waals surface area contributed by atoms with Crippen molar-refractivity contribution in [3.8, 4) is 0 Å². The number of rotatable bonds is 8. The van der Waals surface area contributed by atoms with Gasteiger partial charge in [0.1, 0.15) is 0 Å².